The van der Waals surface area contributed by atoms with Crippen molar-refractivity contribution in [2.24, 2.45) is 5.92 Å². The Morgan fingerprint density at radius 2 is 1.68 bits per heavy atom. The molecule has 0 unspecified atom stereocenters. The predicted molar refractivity (Wildman–Crippen MR) is 74.0 cm³/mol. The summed E-state index contributed by atoms with van der Waals surface area (Å²) in [6, 6.07) is 0.818. The molecule has 0 spiro atoms. The number of nitrogens with zero attached hydrogens (tertiary/aromatic N) is 2. The van der Waals surface area contributed by atoms with Crippen LogP contribution in [0.1, 0.15) is 38.5 Å². The minimum absolute atomic E-state index is 0.226. The number of carbonyl (C=O) groups excluding carboxylic acids is 1. The fourth-order valence-corrected chi connectivity index (χ4v) is 3.48. The first-order chi connectivity index (χ1) is 9.34. The predicted octanol–water partition coefficient (Wildman–Crippen LogP) is 1.50. The molecule has 0 atom stereocenters. The normalized spacial score (nSPS) is 27.9. The Balaban J connectivity index is 1.51. The Bertz CT molecular complexity index is 311. The fraction of sp³-hybridized carbons (Fsp3) is 0.933. The standard InChI is InChI=1S/C15H26N2O2/c18-15(13-5-11-19-12-6-13)17-8-2-7-16(9-10-17)14-3-1-4-14/h13-14H,1-12H2. The summed E-state index contributed by atoms with van der Waals surface area (Å²) in [5, 5.41) is 0. The molecule has 1 aliphatic carbocycles. The summed E-state index contributed by atoms with van der Waals surface area (Å²) in [5.41, 5.74) is 0. The highest BCUT2D eigenvalue weighted by Gasteiger charge is 2.30. The maximum absolute atomic E-state index is 12.5. The van der Waals surface area contributed by atoms with Crippen LogP contribution in [0.2, 0.25) is 0 Å². The van der Waals surface area contributed by atoms with Crippen molar-refractivity contribution in [3.63, 3.8) is 0 Å². The van der Waals surface area contributed by atoms with Gasteiger partial charge in [0, 0.05) is 51.4 Å². The summed E-state index contributed by atoms with van der Waals surface area (Å²) >= 11 is 0. The molecule has 3 fully saturated rings. The molecule has 0 radical (unpaired) electrons. The van der Waals surface area contributed by atoms with E-state index in [9.17, 15) is 4.79 Å². The molecule has 2 aliphatic heterocycles. The van der Waals surface area contributed by atoms with E-state index in [1.165, 1.54) is 25.8 Å². The smallest absolute Gasteiger partial charge is 0.225 e. The Morgan fingerprint density at radius 3 is 2.37 bits per heavy atom. The number of hydrogen-bond acceptors (Lipinski definition) is 3. The van der Waals surface area contributed by atoms with Crippen LogP contribution in [0.5, 0.6) is 0 Å². The van der Waals surface area contributed by atoms with Crippen LogP contribution < -0.4 is 0 Å². The van der Waals surface area contributed by atoms with Crippen molar-refractivity contribution in [1.29, 1.82) is 0 Å². The SMILES string of the molecule is O=C(C1CCOCC1)N1CCCN(C2CCC2)CC1. The third kappa shape index (κ3) is 3.11. The lowest BCUT2D eigenvalue weighted by Crippen LogP contribution is -2.44. The maximum Gasteiger partial charge on any atom is 0.225 e. The largest absolute Gasteiger partial charge is 0.381 e. The number of carbonyl (C=O) groups is 1. The zero-order valence-corrected chi connectivity index (χ0v) is 11.9. The molecule has 0 aromatic carbocycles. The van der Waals surface area contributed by atoms with E-state index in [-0.39, 0.29) is 5.92 Å². The van der Waals surface area contributed by atoms with Gasteiger partial charge in [0.15, 0.2) is 0 Å². The molecular formula is C15H26N2O2. The van der Waals surface area contributed by atoms with Crippen LogP contribution in [0.4, 0.5) is 0 Å². The van der Waals surface area contributed by atoms with Crippen molar-refractivity contribution in [3.05, 3.63) is 0 Å². The van der Waals surface area contributed by atoms with Crippen molar-refractivity contribution in [3.8, 4) is 0 Å². The van der Waals surface area contributed by atoms with Crippen LogP contribution in [0.3, 0.4) is 0 Å². The summed E-state index contributed by atoms with van der Waals surface area (Å²) in [6.07, 6.45) is 7.11. The van der Waals surface area contributed by atoms with Crippen LogP contribution >= 0.6 is 0 Å². The highest BCUT2D eigenvalue weighted by Crippen LogP contribution is 2.26. The lowest BCUT2D eigenvalue weighted by molar-refractivity contribution is -0.138. The van der Waals surface area contributed by atoms with E-state index < -0.39 is 0 Å². The highest BCUT2D eigenvalue weighted by molar-refractivity contribution is 5.79. The van der Waals surface area contributed by atoms with E-state index in [4.69, 9.17) is 4.74 Å². The van der Waals surface area contributed by atoms with E-state index in [2.05, 4.69) is 9.80 Å². The minimum Gasteiger partial charge on any atom is -0.381 e. The van der Waals surface area contributed by atoms with Crippen molar-refractivity contribution >= 4 is 5.91 Å². The van der Waals surface area contributed by atoms with Gasteiger partial charge in [0.1, 0.15) is 0 Å². The van der Waals surface area contributed by atoms with E-state index >= 15 is 0 Å². The third-order valence-electron chi connectivity index (χ3n) is 5.00. The summed E-state index contributed by atoms with van der Waals surface area (Å²) in [6.45, 7) is 5.69. The summed E-state index contributed by atoms with van der Waals surface area (Å²) < 4.78 is 5.35. The van der Waals surface area contributed by atoms with Gasteiger partial charge in [0.25, 0.3) is 0 Å². The van der Waals surface area contributed by atoms with Crippen molar-refractivity contribution < 1.29 is 9.53 Å². The van der Waals surface area contributed by atoms with Gasteiger partial charge in [0.2, 0.25) is 5.91 Å². The molecule has 1 amide bonds. The number of hydrogen-bond donors (Lipinski definition) is 0. The molecule has 19 heavy (non-hydrogen) atoms. The molecule has 2 saturated heterocycles. The van der Waals surface area contributed by atoms with Crippen LogP contribution in [0, 0.1) is 5.92 Å². The molecule has 4 nitrogen and oxygen atoms in total. The van der Waals surface area contributed by atoms with E-state index in [1.54, 1.807) is 0 Å². The molecule has 3 rings (SSSR count). The van der Waals surface area contributed by atoms with Gasteiger partial charge in [-0.1, -0.05) is 6.42 Å². The Labute approximate surface area is 116 Å². The van der Waals surface area contributed by atoms with Gasteiger partial charge in [-0.15, -0.1) is 0 Å². The molecule has 0 aromatic heterocycles. The Hall–Kier alpha value is -0.610. The topological polar surface area (TPSA) is 32.8 Å². The summed E-state index contributed by atoms with van der Waals surface area (Å²) in [7, 11) is 0. The van der Waals surface area contributed by atoms with Gasteiger partial charge in [-0.3, -0.25) is 9.69 Å². The van der Waals surface area contributed by atoms with Gasteiger partial charge in [0.05, 0.1) is 0 Å². The molecule has 108 valence electrons. The summed E-state index contributed by atoms with van der Waals surface area (Å²) in [4.78, 5) is 17.2. The van der Waals surface area contributed by atoms with Gasteiger partial charge >= 0.3 is 0 Å². The zero-order valence-electron chi connectivity index (χ0n) is 11.9. The first-order valence-corrected chi connectivity index (χ1v) is 7.95. The average molecular weight is 266 g/mol. The molecule has 1 saturated carbocycles. The van der Waals surface area contributed by atoms with E-state index in [0.29, 0.717) is 5.91 Å². The highest BCUT2D eigenvalue weighted by atomic mass is 16.5. The summed E-state index contributed by atoms with van der Waals surface area (Å²) in [5.74, 6) is 0.614. The van der Waals surface area contributed by atoms with E-state index in [0.717, 1.165) is 58.2 Å². The van der Waals surface area contributed by atoms with Crippen LogP contribution in [-0.4, -0.2) is 61.1 Å². The molecule has 3 aliphatic rings. The lowest BCUT2D eigenvalue weighted by Gasteiger charge is -2.36. The van der Waals surface area contributed by atoms with Crippen LogP contribution in [0.25, 0.3) is 0 Å². The monoisotopic (exact) mass is 266 g/mol. The van der Waals surface area contributed by atoms with E-state index in [1.807, 2.05) is 0 Å². The molecule has 4 heteroatoms. The number of ether oxygens (including phenoxy) is 1. The van der Waals surface area contributed by atoms with Crippen LogP contribution in [0.15, 0.2) is 0 Å². The van der Waals surface area contributed by atoms with Gasteiger partial charge in [-0.25, -0.2) is 0 Å². The minimum atomic E-state index is 0.226. The second-order valence-electron chi connectivity index (χ2n) is 6.19. The van der Waals surface area contributed by atoms with Crippen molar-refractivity contribution in [1.82, 2.24) is 9.80 Å². The van der Waals surface area contributed by atoms with Crippen molar-refractivity contribution in [2.45, 2.75) is 44.6 Å². The first kappa shape index (κ1) is 13.4. The average Bonchev–Trinajstić information content (AvgIpc) is 2.63. The van der Waals surface area contributed by atoms with Crippen molar-refractivity contribution in [2.75, 3.05) is 39.4 Å². The first-order valence-electron chi connectivity index (χ1n) is 7.95. The molecule has 0 aromatic rings. The lowest BCUT2D eigenvalue weighted by atomic mass is 9.91. The molecule has 2 heterocycles. The van der Waals surface area contributed by atoms with Gasteiger partial charge in [-0.2, -0.15) is 0 Å². The molecule has 0 N–H and O–H groups in total. The molecule has 0 bridgehead atoms. The third-order valence-corrected chi connectivity index (χ3v) is 5.00. The van der Waals surface area contributed by atoms with Gasteiger partial charge in [-0.05, 0) is 32.1 Å². The maximum atomic E-state index is 12.5. The Morgan fingerprint density at radius 1 is 0.895 bits per heavy atom. The second-order valence-corrected chi connectivity index (χ2v) is 6.19. The zero-order chi connectivity index (χ0) is 13.1. The fourth-order valence-electron chi connectivity index (χ4n) is 3.48. The second kappa shape index (κ2) is 6.23. The molecular weight excluding hydrogens is 240 g/mol. The van der Waals surface area contributed by atoms with Crippen LogP contribution in [-0.2, 0) is 9.53 Å². The van der Waals surface area contributed by atoms with Gasteiger partial charge < -0.3 is 9.64 Å². The Kier molecular flexibility index (Phi) is 4.38. The quantitative estimate of drug-likeness (QED) is 0.759. The number of rotatable bonds is 2. The number of amides is 1.